The fraction of sp³-hybridized carbons (Fsp3) is 0.421. The molecule has 3 rings (SSSR count). The van der Waals surface area contributed by atoms with Crippen LogP contribution < -0.4 is 4.90 Å². The van der Waals surface area contributed by atoms with E-state index in [1.54, 1.807) is 6.33 Å². The Hall–Kier alpha value is -2.43. The summed E-state index contributed by atoms with van der Waals surface area (Å²) in [6.07, 6.45) is 1.56. The van der Waals surface area contributed by atoms with Crippen LogP contribution in [-0.4, -0.2) is 33.7 Å². The van der Waals surface area contributed by atoms with Crippen molar-refractivity contribution in [1.29, 1.82) is 0 Å². The molecule has 126 valence electrons. The van der Waals surface area contributed by atoms with Gasteiger partial charge in [-0.05, 0) is 74.9 Å². The SMILES string of the molecule is Cc1nc2ncnn2c(N(C)C)c1-c1c(C)c(C)c(C)c(C)c1C. The molecule has 5 heteroatoms. The molecule has 1 aromatic carbocycles. The molecule has 0 fully saturated rings. The molecule has 0 radical (unpaired) electrons. The first-order chi connectivity index (χ1) is 11.3. The van der Waals surface area contributed by atoms with Crippen LogP contribution in [-0.2, 0) is 0 Å². The summed E-state index contributed by atoms with van der Waals surface area (Å²) in [4.78, 5) is 11.0. The second-order valence-corrected chi connectivity index (χ2v) is 6.76. The first-order valence-electron chi connectivity index (χ1n) is 8.20. The predicted octanol–water partition coefficient (Wildman–Crippen LogP) is 3.71. The molecule has 24 heavy (non-hydrogen) atoms. The molecular formula is C19H25N5. The van der Waals surface area contributed by atoms with Crippen LogP contribution in [0.4, 0.5) is 5.82 Å². The van der Waals surface area contributed by atoms with E-state index in [4.69, 9.17) is 0 Å². The van der Waals surface area contributed by atoms with Crippen molar-refractivity contribution in [2.45, 2.75) is 41.5 Å². The van der Waals surface area contributed by atoms with Crippen LogP contribution in [0, 0.1) is 41.5 Å². The maximum atomic E-state index is 4.68. The van der Waals surface area contributed by atoms with Gasteiger partial charge in [-0.15, -0.1) is 0 Å². The minimum absolute atomic E-state index is 0.635. The maximum absolute atomic E-state index is 4.68. The van der Waals surface area contributed by atoms with Gasteiger partial charge in [-0.25, -0.2) is 4.98 Å². The molecule has 5 nitrogen and oxygen atoms in total. The number of aromatic nitrogens is 4. The number of benzene rings is 1. The highest BCUT2D eigenvalue weighted by atomic mass is 15.4. The van der Waals surface area contributed by atoms with E-state index in [-0.39, 0.29) is 0 Å². The van der Waals surface area contributed by atoms with Gasteiger partial charge in [0.25, 0.3) is 5.78 Å². The molecule has 0 aliphatic heterocycles. The fourth-order valence-electron chi connectivity index (χ4n) is 3.52. The van der Waals surface area contributed by atoms with Crippen molar-refractivity contribution in [3.63, 3.8) is 0 Å². The Kier molecular flexibility index (Phi) is 3.82. The maximum Gasteiger partial charge on any atom is 0.254 e. The standard InChI is InChI=1S/C19H25N5/c1-10-11(2)13(4)16(14(5)12(10)3)17-15(6)22-19-20-9-21-24(19)18(17)23(7)8/h9H,1-8H3. The number of fused-ring (bicyclic) bond motifs is 1. The van der Waals surface area contributed by atoms with Crippen molar-refractivity contribution in [2.24, 2.45) is 0 Å². The molecular weight excluding hydrogens is 298 g/mol. The number of hydrogen-bond donors (Lipinski definition) is 0. The van der Waals surface area contributed by atoms with Gasteiger partial charge in [0, 0.05) is 19.7 Å². The van der Waals surface area contributed by atoms with E-state index in [1.807, 2.05) is 18.6 Å². The summed E-state index contributed by atoms with van der Waals surface area (Å²) in [5.41, 5.74) is 10.1. The smallest absolute Gasteiger partial charge is 0.254 e. The molecule has 2 aromatic heterocycles. The van der Waals surface area contributed by atoms with E-state index in [0.29, 0.717) is 5.78 Å². The third-order valence-corrected chi connectivity index (χ3v) is 5.26. The van der Waals surface area contributed by atoms with Crippen molar-refractivity contribution in [3.05, 3.63) is 39.8 Å². The average Bonchev–Trinajstić information content (AvgIpc) is 2.98. The Bertz CT molecular complexity index is 921. The minimum Gasteiger partial charge on any atom is -0.362 e. The van der Waals surface area contributed by atoms with Gasteiger partial charge < -0.3 is 4.90 Å². The molecule has 3 aromatic rings. The highest BCUT2D eigenvalue weighted by Gasteiger charge is 2.23. The van der Waals surface area contributed by atoms with E-state index >= 15 is 0 Å². The number of hydrogen-bond acceptors (Lipinski definition) is 4. The summed E-state index contributed by atoms with van der Waals surface area (Å²) in [6.45, 7) is 13.1. The second kappa shape index (κ2) is 5.58. The monoisotopic (exact) mass is 323 g/mol. The fourth-order valence-corrected chi connectivity index (χ4v) is 3.52. The van der Waals surface area contributed by atoms with E-state index in [2.05, 4.69) is 61.5 Å². The topological polar surface area (TPSA) is 46.3 Å². The molecule has 0 aliphatic carbocycles. The van der Waals surface area contributed by atoms with Crippen molar-refractivity contribution < 1.29 is 0 Å². The molecule has 0 unspecified atom stereocenters. The van der Waals surface area contributed by atoms with Crippen LogP contribution in [0.5, 0.6) is 0 Å². The quantitative estimate of drug-likeness (QED) is 0.721. The van der Waals surface area contributed by atoms with E-state index < -0.39 is 0 Å². The van der Waals surface area contributed by atoms with Crippen LogP contribution in [0.3, 0.4) is 0 Å². The normalized spacial score (nSPS) is 11.3. The third kappa shape index (κ3) is 2.19. The van der Waals surface area contributed by atoms with E-state index in [1.165, 1.54) is 33.4 Å². The Balaban J connectivity index is 2.52. The first-order valence-corrected chi connectivity index (χ1v) is 8.20. The summed E-state index contributed by atoms with van der Waals surface area (Å²) in [7, 11) is 4.08. The highest BCUT2D eigenvalue weighted by molar-refractivity contribution is 5.85. The summed E-state index contributed by atoms with van der Waals surface area (Å²) in [6, 6.07) is 0. The average molecular weight is 323 g/mol. The summed E-state index contributed by atoms with van der Waals surface area (Å²) in [5, 5.41) is 4.39. The van der Waals surface area contributed by atoms with Gasteiger partial charge in [0.2, 0.25) is 0 Å². The summed E-state index contributed by atoms with van der Waals surface area (Å²) >= 11 is 0. The lowest BCUT2D eigenvalue weighted by Crippen LogP contribution is -2.17. The van der Waals surface area contributed by atoms with Crippen molar-refractivity contribution in [2.75, 3.05) is 19.0 Å². The Morgan fingerprint density at radius 2 is 1.33 bits per heavy atom. The Morgan fingerprint density at radius 1 is 0.792 bits per heavy atom. The van der Waals surface area contributed by atoms with Crippen LogP contribution in [0.2, 0.25) is 0 Å². The van der Waals surface area contributed by atoms with Gasteiger partial charge in [-0.2, -0.15) is 14.6 Å². The molecule has 0 spiro atoms. The zero-order chi connectivity index (χ0) is 17.8. The van der Waals surface area contributed by atoms with Gasteiger partial charge in [-0.3, -0.25) is 0 Å². The van der Waals surface area contributed by atoms with Crippen molar-refractivity contribution in [1.82, 2.24) is 19.6 Å². The molecule has 0 N–H and O–H groups in total. The van der Waals surface area contributed by atoms with Crippen LogP contribution in [0.15, 0.2) is 6.33 Å². The van der Waals surface area contributed by atoms with Crippen molar-refractivity contribution >= 4 is 11.6 Å². The molecule has 0 bridgehead atoms. The summed E-state index contributed by atoms with van der Waals surface area (Å²) < 4.78 is 1.83. The second-order valence-electron chi connectivity index (χ2n) is 6.76. The van der Waals surface area contributed by atoms with Crippen LogP contribution >= 0.6 is 0 Å². The summed E-state index contributed by atoms with van der Waals surface area (Å²) in [5.74, 6) is 1.65. The zero-order valence-electron chi connectivity index (χ0n) is 15.8. The molecule has 0 amide bonds. The number of aryl methyl sites for hydroxylation is 1. The van der Waals surface area contributed by atoms with Gasteiger partial charge in [0.15, 0.2) is 0 Å². The molecule has 2 heterocycles. The molecule has 0 saturated heterocycles. The molecule has 0 saturated carbocycles. The lowest BCUT2D eigenvalue weighted by molar-refractivity contribution is 0.890. The van der Waals surface area contributed by atoms with Crippen LogP contribution in [0.1, 0.15) is 33.5 Å². The highest BCUT2D eigenvalue weighted by Crippen LogP contribution is 2.39. The Labute approximate surface area is 143 Å². The van der Waals surface area contributed by atoms with Gasteiger partial charge in [0.05, 0.1) is 5.69 Å². The van der Waals surface area contributed by atoms with Gasteiger partial charge >= 0.3 is 0 Å². The van der Waals surface area contributed by atoms with Crippen molar-refractivity contribution in [3.8, 4) is 11.1 Å². The first kappa shape index (κ1) is 16.4. The number of rotatable bonds is 2. The number of nitrogens with zero attached hydrogens (tertiary/aromatic N) is 5. The predicted molar refractivity (Wildman–Crippen MR) is 99.0 cm³/mol. The number of anilines is 1. The van der Waals surface area contributed by atoms with Gasteiger partial charge in [-0.1, -0.05) is 0 Å². The third-order valence-electron chi connectivity index (χ3n) is 5.26. The van der Waals surface area contributed by atoms with E-state index in [9.17, 15) is 0 Å². The molecule has 0 atom stereocenters. The largest absolute Gasteiger partial charge is 0.362 e. The van der Waals surface area contributed by atoms with E-state index in [0.717, 1.165) is 17.1 Å². The Morgan fingerprint density at radius 3 is 1.88 bits per heavy atom. The minimum atomic E-state index is 0.635. The van der Waals surface area contributed by atoms with Crippen LogP contribution in [0.25, 0.3) is 16.9 Å². The zero-order valence-corrected chi connectivity index (χ0v) is 15.8. The lowest BCUT2D eigenvalue weighted by atomic mass is 9.86. The lowest BCUT2D eigenvalue weighted by Gasteiger charge is -2.24. The molecule has 0 aliphatic rings. The van der Waals surface area contributed by atoms with Gasteiger partial charge in [0.1, 0.15) is 12.1 Å².